The number of aromatic amines is 1. The monoisotopic (exact) mass is 154 g/mol. The molecule has 1 aliphatic rings. The van der Waals surface area contributed by atoms with Gasteiger partial charge in [-0.2, -0.15) is 5.53 Å². The van der Waals surface area contributed by atoms with Gasteiger partial charge in [0, 0.05) is 12.4 Å². The molecule has 1 aromatic rings. The summed E-state index contributed by atoms with van der Waals surface area (Å²) in [7, 11) is 0. The number of aromatic nitrogens is 2. The van der Waals surface area contributed by atoms with Crippen molar-refractivity contribution in [1.29, 1.82) is 0 Å². The molecule has 2 unspecified atom stereocenters. The van der Waals surface area contributed by atoms with Crippen LogP contribution in [0.3, 0.4) is 0 Å². The zero-order chi connectivity index (χ0) is 7.68. The molecule has 0 bridgehead atoms. The number of nitrogens with one attached hydrogen (secondary N) is 4. The molecule has 0 spiro atoms. The molecule has 6 nitrogen and oxygen atoms in total. The van der Waals surface area contributed by atoms with Crippen molar-refractivity contribution >= 4 is 0 Å². The largest absolute Gasteiger partial charge is 0.347 e. The van der Waals surface area contributed by atoms with Crippen LogP contribution >= 0.6 is 0 Å². The van der Waals surface area contributed by atoms with Crippen molar-refractivity contribution in [2.24, 2.45) is 5.73 Å². The molecule has 1 saturated heterocycles. The van der Waals surface area contributed by atoms with Crippen LogP contribution in [0, 0.1) is 0 Å². The minimum Gasteiger partial charge on any atom is -0.347 e. The van der Waals surface area contributed by atoms with Crippen molar-refractivity contribution in [2.45, 2.75) is 12.2 Å². The summed E-state index contributed by atoms with van der Waals surface area (Å²) < 4.78 is 0. The van der Waals surface area contributed by atoms with Crippen molar-refractivity contribution in [3.05, 3.63) is 18.2 Å². The van der Waals surface area contributed by atoms with E-state index in [0.717, 1.165) is 5.82 Å². The van der Waals surface area contributed by atoms with E-state index in [0.29, 0.717) is 0 Å². The fraction of sp³-hybridized carbons (Fsp3) is 0.400. The minimum atomic E-state index is -0.152. The molecule has 60 valence electrons. The number of nitrogens with two attached hydrogens (primary N) is 1. The van der Waals surface area contributed by atoms with Gasteiger partial charge in [-0.05, 0) is 0 Å². The molecule has 2 rings (SSSR count). The zero-order valence-electron chi connectivity index (χ0n) is 5.83. The molecule has 0 aromatic carbocycles. The van der Waals surface area contributed by atoms with Gasteiger partial charge in [0.1, 0.15) is 11.9 Å². The molecule has 6 heteroatoms. The van der Waals surface area contributed by atoms with E-state index in [1.54, 1.807) is 12.4 Å². The third-order valence-corrected chi connectivity index (χ3v) is 1.64. The highest BCUT2D eigenvalue weighted by Gasteiger charge is 2.25. The Morgan fingerprint density at radius 1 is 1.45 bits per heavy atom. The Bertz CT molecular complexity index is 219. The second-order valence-corrected chi connectivity index (χ2v) is 2.39. The van der Waals surface area contributed by atoms with Crippen molar-refractivity contribution in [3.8, 4) is 0 Å². The van der Waals surface area contributed by atoms with Gasteiger partial charge in [0.25, 0.3) is 0 Å². The summed E-state index contributed by atoms with van der Waals surface area (Å²) in [4.78, 5) is 7.05. The number of H-pyrrole nitrogens is 1. The number of hydrogen-bond acceptors (Lipinski definition) is 5. The molecule has 2 heterocycles. The Morgan fingerprint density at radius 2 is 2.36 bits per heavy atom. The summed E-state index contributed by atoms with van der Waals surface area (Å²) in [6.07, 6.45) is 3.31. The van der Waals surface area contributed by atoms with E-state index >= 15 is 0 Å². The van der Waals surface area contributed by atoms with Gasteiger partial charge in [-0.1, -0.05) is 0 Å². The molecule has 1 aromatic heterocycles. The Hall–Kier alpha value is -0.950. The van der Waals surface area contributed by atoms with Crippen LogP contribution in [0.4, 0.5) is 0 Å². The second-order valence-electron chi connectivity index (χ2n) is 2.39. The summed E-state index contributed by atoms with van der Waals surface area (Å²) in [6.45, 7) is 0. The number of hydrazine groups is 2. The normalized spacial score (nSPS) is 31.0. The Balaban J connectivity index is 2.16. The van der Waals surface area contributed by atoms with Gasteiger partial charge in [0.05, 0.1) is 6.17 Å². The lowest BCUT2D eigenvalue weighted by Crippen LogP contribution is -2.38. The van der Waals surface area contributed by atoms with Crippen molar-refractivity contribution in [2.75, 3.05) is 0 Å². The summed E-state index contributed by atoms with van der Waals surface area (Å²) in [5.74, 6) is 0.829. The molecule has 2 atom stereocenters. The fourth-order valence-corrected chi connectivity index (χ4v) is 1.06. The Kier molecular flexibility index (Phi) is 1.59. The highest BCUT2D eigenvalue weighted by atomic mass is 15.7. The third-order valence-electron chi connectivity index (χ3n) is 1.64. The lowest BCUT2D eigenvalue weighted by Gasteiger charge is -2.09. The van der Waals surface area contributed by atoms with Gasteiger partial charge in [-0.15, -0.1) is 0 Å². The second kappa shape index (κ2) is 2.59. The van der Waals surface area contributed by atoms with Crippen LogP contribution in [-0.2, 0) is 0 Å². The van der Waals surface area contributed by atoms with E-state index in [1.165, 1.54) is 0 Å². The number of nitrogens with zero attached hydrogens (tertiary/aromatic N) is 1. The summed E-state index contributed by atoms with van der Waals surface area (Å²) >= 11 is 0. The van der Waals surface area contributed by atoms with Crippen LogP contribution in [0.25, 0.3) is 0 Å². The maximum atomic E-state index is 5.67. The van der Waals surface area contributed by atoms with Crippen LogP contribution in [0.1, 0.15) is 11.9 Å². The predicted octanol–water partition coefficient (Wildman–Crippen LogP) is -1.65. The lowest BCUT2D eigenvalue weighted by molar-refractivity contribution is 0.524. The first-order chi connectivity index (χ1) is 5.38. The van der Waals surface area contributed by atoms with E-state index in [-0.39, 0.29) is 12.2 Å². The van der Waals surface area contributed by atoms with E-state index in [2.05, 4.69) is 26.4 Å². The maximum Gasteiger partial charge on any atom is 0.127 e. The first-order valence-electron chi connectivity index (χ1n) is 3.39. The molecule has 0 aliphatic carbocycles. The van der Waals surface area contributed by atoms with E-state index in [1.807, 2.05) is 0 Å². The fourth-order valence-electron chi connectivity index (χ4n) is 1.06. The average Bonchev–Trinajstić information content (AvgIpc) is 2.55. The predicted molar refractivity (Wildman–Crippen MR) is 38.7 cm³/mol. The van der Waals surface area contributed by atoms with Crippen LogP contribution in [-0.4, -0.2) is 16.1 Å². The lowest BCUT2D eigenvalue weighted by atomic mass is 10.2. The topological polar surface area (TPSA) is 90.8 Å². The molecule has 11 heavy (non-hydrogen) atoms. The maximum absolute atomic E-state index is 5.67. The van der Waals surface area contributed by atoms with E-state index in [9.17, 15) is 0 Å². The van der Waals surface area contributed by atoms with Crippen molar-refractivity contribution < 1.29 is 0 Å². The number of imidazole rings is 1. The Labute approximate surface area is 63.5 Å². The SMILES string of the molecule is NC1NNNC1c1ncc[nH]1. The summed E-state index contributed by atoms with van der Waals surface area (Å²) in [5, 5.41) is 0. The number of hydrogen-bond donors (Lipinski definition) is 5. The molecule has 0 radical (unpaired) electrons. The Morgan fingerprint density at radius 3 is 2.91 bits per heavy atom. The van der Waals surface area contributed by atoms with Crippen LogP contribution in [0.2, 0.25) is 0 Å². The molecule has 6 N–H and O–H groups in total. The van der Waals surface area contributed by atoms with Gasteiger partial charge in [0.2, 0.25) is 0 Å². The van der Waals surface area contributed by atoms with E-state index < -0.39 is 0 Å². The highest BCUT2D eigenvalue weighted by molar-refractivity contribution is 5.00. The summed E-state index contributed by atoms with van der Waals surface area (Å²) in [6, 6.07) is 0.00463. The third kappa shape index (κ3) is 1.12. The highest BCUT2D eigenvalue weighted by Crippen LogP contribution is 2.09. The molecule has 0 amide bonds. The summed E-state index contributed by atoms with van der Waals surface area (Å²) in [5.41, 5.74) is 14.1. The molecule has 1 aliphatic heterocycles. The smallest absolute Gasteiger partial charge is 0.127 e. The molecular weight excluding hydrogens is 144 g/mol. The average molecular weight is 154 g/mol. The van der Waals surface area contributed by atoms with Gasteiger partial charge in [-0.25, -0.2) is 15.8 Å². The number of rotatable bonds is 1. The minimum absolute atomic E-state index is 0.00463. The van der Waals surface area contributed by atoms with Crippen molar-refractivity contribution in [3.63, 3.8) is 0 Å². The quantitative estimate of drug-likeness (QED) is 0.334. The van der Waals surface area contributed by atoms with Crippen LogP contribution in [0.15, 0.2) is 12.4 Å². The van der Waals surface area contributed by atoms with Crippen LogP contribution in [0.5, 0.6) is 0 Å². The molecular formula is C5H10N6. The first kappa shape index (κ1) is 6.74. The molecule has 1 fully saturated rings. The van der Waals surface area contributed by atoms with Gasteiger partial charge in [0.15, 0.2) is 0 Å². The molecule has 0 saturated carbocycles. The first-order valence-corrected chi connectivity index (χ1v) is 3.39. The van der Waals surface area contributed by atoms with Crippen LogP contribution < -0.4 is 22.1 Å². The van der Waals surface area contributed by atoms with Crippen molar-refractivity contribution in [1.82, 2.24) is 26.4 Å². The van der Waals surface area contributed by atoms with Gasteiger partial charge < -0.3 is 10.7 Å². The van der Waals surface area contributed by atoms with E-state index in [4.69, 9.17) is 5.73 Å². The standard InChI is InChI=1S/C5H10N6/c6-4-3(9-11-10-4)5-7-1-2-8-5/h1-4,9-11H,6H2,(H,7,8). The van der Waals surface area contributed by atoms with Gasteiger partial charge >= 0.3 is 0 Å². The van der Waals surface area contributed by atoms with Gasteiger partial charge in [-0.3, -0.25) is 0 Å². The zero-order valence-corrected chi connectivity index (χ0v) is 5.83.